The lowest BCUT2D eigenvalue weighted by Gasteiger charge is -2.17. The zero-order chi connectivity index (χ0) is 12.7. The van der Waals surface area contributed by atoms with Crippen molar-refractivity contribution >= 4 is 12.2 Å². The Labute approximate surface area is 101 Å². The normalized spacial score (nSPS) is 10.0. The van der Waals surface area contributed by atoms with Crippen molar-refractivity contribution in [2.24, 2.45) is 0 Å². The van der Waals surface area contributed by atoms with Gasteiger partial charge in [-0.15, -0.1) is 0 Å². The van der Waals surface area contributed by atoms with Crippen molar-refractivity contribution in [2.45, 2.75) is 12.8 Å². The van der Waals surface area contributed by atoms with Crippen molar-refractivity contribution in [3.05, 3.63) is 35.4 Å². The van der Waals surface area contributed by atoms with Gasteiger partial charge in [-0.05, 0) is 18.9 Å². The number of rotatable bonds is 6. The first kappa shape index (κ1) is 13.4. The highest BCUT2D eigenvalue weighted by atomic mass is 16.3. The minimum Gasteiger partial charge on any atom is -0.396 e. The molecule has 1 rings (SSSR count). The Hall–Kier alpha value is -1.68. The van der Waals surface area contributed by atoms with E-state index in [0.717, 1.165) is 6.42 Å². The Morgan fingerprint density at radius 1 is 1.35 bits per heavy atom. The molecule has 17 heavy (non-hydrogen) atoms. The van der Waals surface area contributed by atoms with Crippen LogP contribution >= 0.6 is 0 Å². The second kappa shape index (κ2) is 6.81. The predicted octanol–water partition coefficient (Wildman–Crippen LogP) is 1.34. The molecule has 0 bridgehead atoms. The molecule has 4 nitrogen and oxygen atoms in total. The van der Waals surface area contributed by atoms with Crippen LogP contribution in [0.5, 0.6) is 0 Å². The quantitative estimate of drug-likeness (QED) is 0.598. The molecule has 0 saturated carbocycles. The van der Waals surface area contributed by atoms with Crippen LogP contribution in [0.15, 0.2) is 24.3 Å². The molecule has 1 amide bonds. The van der Waals surface area contributed by atoms with E-state index >= 15 is 0 Å². The third-order valence-electron chi connectivity index (χ3n) is 2.57. The molecule has 0 aliphatic heterocycles. The summed E-state index contributed by atoms with van der Waals surface area (Å²) >= 11 is 0. The lowest BCUT2D eigenvalue weighted by atomic mass is 10.1. The maximum atomic E-state index is 12.0. The number of unbranched alkanes of at least 4 members (excludes halogenated alkanes) is 1. The summed E-state index contributed by atoms with van der Waals surface area (Å²) in [4.78, 5) is 24.4. The van der Waals surface area contributed by atoms with Gasteiger partial charge in [0.25, 0.3) is 5.91 Å². The number of aliphatic hydroxyl groups excluding tert-OH is 1. The third kappa shape index (κ3) is 3.67. The number of carbonyl (C=O) groups is 2. The number of benzene rings is 1. The van der Waals surface area contributed by atoms with Gasteiger partial charge in [-0.1, -0.05) is 18.2 Å². The summed E-state index contributed by atoms with van der Waals surface area (Å²) in [5.74, 6) is -0.161. The number of aldehydes is 1. The largest absolute Gasteiger partial charge is 0.396 e. The van der Waals surface area contributed by atoms with Gasteiger partial charge >= 0.3 is 0 Å². The van der Waals surface area contributed by atoms with E-state index in [1.54, 1.807) is 36.2 Å². The van der Waals surface area contributed by atoms with Crippen LogP contribution in [0.4, 0.5) is 0 Å². The molecule has 1 N–H and O–H groups in total. The molecule has 1 aromatic carbocycles. The van der Waals surface area contributed by atoms with Crippen molar-refractivity contribution in [3.63, 3.8) is 0 Å². The Morgan fingerprint density at radius 2 is 2.06 bits per heavy atom. The lowest BCUT2D eigenvalue weighted by Crippen LogP contribution is -2.28. The molecule has 92 valence electrons. The monoisotopic (exact) mass is 235 g/mol. The molecule has 0 aromatic heterocycles. The molecule has 0 aliphatic rings. The van der Waals surface area contributed by atoms with E-state index in [0.29, 0.717) is 30.4 Å². The average molecular weight is 235 g/mol. The predicted molar refractivity (Wildman–Crippen MR) is 65.1 cm³/mol. The molecular weight excluding hydrogens is 218 g/mol. The number of aliphatic hydroxyl groups is 1. The van der Waals surface area contributed by atoms with Gasteiger partial charge in [0.15, 0.2) is 6.29 Å². The molecule has 0 heterocycles. The summed E-state index contributed by atoms with van der Waals surface area (Å²) in [7, 11) is 1.70. The Kier molecular flexibility index (Phi) is 5.36. The maximum Gasteiger partial charge on any atom is 0.254 e. The van der Waals surface area contributed by atoms with Crippen LogP contribution in [0.25, 0.3) is 0 Å². The van der Waals surface area contributed by atoms with Crippen molar-refractivity contribution in [1.29, 1.82) is 0 Å². The molecule has 0 radical (unpaired) electrons. The van der Waals surface area contributed by atoms with Gasteiger partial charge in [0.05, 0.1) is 5.56 Å². The molecule has 0 aliphatic carbocycles. The number of amides is 1. The smallest absolute Gasteiger partial charge is 0.254 e. The SMILES string of the molecule is CN(CCCCO)C(=O)c1ccccc1C=O. The number of hydrogen-bond acceptors (Lipinski definition) is 3. The van der Waals surface area contributed by atoms with Crippen LogP contribution in [0.3, 0.4) is 0 Å². The summed E-state index contributed by atoms with van der Waals surface area (Å²) in [6.45, 7) is 0.708. The second-order valence-corrected chi connectivity index (χ2v) is 3.86. The fourth-order valence-electron chi connectivity index (χ4n) is 1.56. The van der Waals surface area contributed by atoms with Crippen molar-refractivity contribution in [3.8, 4) is 0 Å². The lowest BCUT2D eigenvalue weighted by molar-refractivity contribution is 0.0787. The van der Waals surface area contributed by atoms with Crippen LogP contribution in [0.2, 0.25) is 0 Å². The van der Waals surface area contributed by atoms with E-state index in [9.17, 15) is 9.59 Å². The van der Waals surface area contributed by atoms with Gasteiger partial charge in [-0.25, -0.2) is 0 Å². The fourth-order valence-corrected chi connectivity index (χ4v) is 1.56. The third-order valence-corrected chi connectivity index (χ3v) is 2.57. The topological polar surface area (TPSA) is 57.6 Å². The Balaban J connectivity index is 2.71. The van der Waals surface area contributed by atoms with Crippen LogP contribution in [0, 0.1) is 0 Å². The van der Waals surface area contributed by atoms with E-state index in [1.807, 2.05) is 0 Å². The van der Waals surface area contributed by atoms with E-state index in [1.165, 1.54) is 0 Å². The maximum absolute atomic E-state index is 12.0. The van der Waals surface area contributed by atoms with Gasteiger partial charge in [0.2, 0.25) is 0 Å². The van der Waals surface area contributed by atoms with Crippen LogP contribution in [-0.4, -0.2) is 42.4 Å². The molecule has 0 atom stereocenters. The van der Waals surface area contributed by atoms with Crippen LogP contribution in [-0.2, 0) is 0 Å². The van der Waals surface area contributed by atoms with Crippen molar-refractivity contribution in [1.82, 2.24) is 4.90 Å². The first-order valence-corrected chi connectivity index (χ1v) is 5.61. The summed E-state index contributed by atoms with van der Waals surface area (Å²) in [6.07, 6.45) is 2.11. The summed E-state index contributed by atoms with van der Waals surface area (Å²) in [5.41, 5.74) is 0.834. The van der Waals surface area contributed by atoms with Crippen molar-refractivity contribution < 1.29 is 14.7 Å². The molecule has 0 spiro atoms. The minimum absolute atomic E-state index is 0.132. The van der Waals surface area contributed by atoms with Gasteiger partial charge in [0, 0.05) is 25.8 Å². The van der Waals surface area contributed by atoms with E-state index in [4.69, 9.17) is 5.11 Å². The number of hydrogen-bond donors (Lipinski definition) is 1. The zero-order valence-corrected chi connectivity index (χ0v) is 9.93. The van der Waals surface area contributed by atoms with Gasteiger partial charge in [-0.3, -0.25) is 9.59 Å². The van der Waals surface area contributed by atoms with Crippen LogP contribution < -0.4 is 0 Å². The standard InChI is InChI=1S/C13H17NO3/c1-14(8-4-5-9-15)13(17)12-7-3-2-6-11(12)10-16/h2-3,6-7,10,15H,4-5,8-9H2,1H3. The van der Waals surface area contributed by atoms with Gasteiger partial charge in [0.1, 0.15) is 0 Å². The highest BCUT2D eigenvalue weighted by molar-refractivity contribution is 6.01. The Bertz CT molecular complexity index is 390. The summed E-state index contributed by atoms with van der Waals surface area (Å²) in [6, 6.07) is 6.74. The first-order valence-electron chi connectivity index (χ1n) is 5.61. The van der Waals surface area contributed by atoms with Crippen molar-refractivity contribution in [2.75, 3.05) is 20.2 Å². The van der Waals surface area contributed by atoms with E-state index < -0.39 is 0 Å². The summed E-state index contributed by atoms with van der Waals surface area (Å²) < 4.78 is 0. The molecule has 0 saturated heterocycles. The minimum atomic E-state index is -0.161. The van der Waals surface area contributed by atoms with Crippen LogP contribution in [0.1, 0.15) is 33.6 Å². The van der Waals surface area contributed by atoms with E-state index in [2.05, 4.69) is 0 Å². The fraction of sp³-hybridized carbons (Fsp3) is 0.385. The highest BCUT2D eigenvalue weighted by Crippen LogP contribution is 2.09. The molecule has 1 aromatic rings. The molecule has 0 fully saturated rings. The highest BCUT2D eigenvalue weighted by Gasteiger charge is 2.14. The number of carbonyl (C=O) groups excluding carboxylic acids is 2. The number of nitrogens with zero attached hydrogens (tertiary/aromatic N) is 1. The zero-order valence-electron chi connectivity index (χ0n) is 9.93. The molecule has 4 heteroatoms. The summed E-state index contributed by atoms with van der Waals surface area (Å²) in [5, 5.41) is 8.67. The first-order chi connectivity index (χ1) is 8.20. The second-order valence-electron chi connectivity index (χ2n) is 3.86. The van der Waals surface area contributed by atoms with E-state index in [-0.39, 0.29) is 12.5 Å². The van der Waals surface area contributed by atoms with Gasteiger partial charge < -0.3 is 10.0 Å². The molecule has 0 unspecified atom stereocenters. The van der Waals surface area contributed by atoms with Gasteiger partial charge in [-0.2, -0.15) is 0 Å². The Morgan fingerprint density at radius 3 is 2.71 bits per heavy atom. The molecular formula is C13H17NO3. The average Bonchev–Trinajstić information content (AvgIpc) is 2.38.